The molecule has 14 heavy (non-hydrogen) atoms. The van der Waals surface area contributed by atoms with Crippen LogP contribution in [0.25, 0.3) is 0 Å². The van der Waals surface area contributed by atoms with Crippen molar-refractivity contribution in [3.63, 3.8) is 0 Å². The molecule has 0 aliphatic rings. The van der Waals surface area contributed by atoms with Gasteiger partial charge in [0, 0.05) is 19.7 Å². The van der Waals surface area contributed by atoms with Gasteiger partial charge in [0.15, 0.2) is 0 Å². The van der Waals surface area contributed by atoms with Crippen molar-refractivity contribution in [1.29, 1.82) is 0 Å². The minimum absolute atomic E-state index is 0.0251. The van der Waals surface area contributed by atoms with Gasteiger partial charge in [-0.3, -0.25) is 4.79 Å². The van der Waals surface area contributed by atoms with Crippen LogP contribution in [0.15, 0.2) is 0 Å². The smallest absolute Gasteiger partial charge is 0.380 e. The fourth-order valence-corrected chi connectivity index (χ4v) is 0.902. The monoisotopic (exact) mass is 213 g/mol. The average Bonchev–Trinajstić information content (AvgIpc) is 2.10. The van der Waals surface area contributed by atoms with Gasteiger partial charge in [0.2, 0.25) is 0 Å². The highest BCUT2D eigenvalue weighted by Crippen LogP contribution is 2.17. The normalized spacial score (nSPS) is 11.5. The molecule has 0 spiro atoms. The highest BCUT2D eigenvalue weighted by atomic mass is 19.4. The molecule has 0 aliphatic heterocycles. The summed E-state index contributed by atoms with van der Waals surface area (Å²) in [6.07, 6.45) is -4.79. The molecule has 0 aromatic carbocycles. The Hall–Kier alpha value is -0.780. The SMILES string of the molecule is CCOCCN(CC)C(=O)C(F)(F)F. The highest BCUT2D eigenvalue weighted by molar-refractivity contribution is 5.81. The first-order chi connectivity index (χ1) is 6.43. The Morgan fingerprint density at radius 3 is 2.29 bits per heavy atom. The molecule has 0 heterocycles. The molecule has 6 heteroatoms. The Balaban J connectivity index is 4.07. The molecule has 0 saturated heterocycles. The minimum Gasteiger partial charge on any atom is -0.380 e. The summed E-state index contributed by atoms with van der Waals surface area (Å²) in [7, 11) is 0. The van der Waals surface area contributed by atoms with Crippen LogP contribution in [0.2, 0.25) is 0 Å². The van der Waals surface area contributed by atoms with Crippen LogP contribution in [0.5, 0.6) is 0 Å². The van der Waals surface area contributed by atoms with Gasteiger partial charge in [0.25, 0.3) is 0 Å². The van der Waals surface area contributed by atoms with E-state index < -0.39 is 12.1 Å². The maximum absolute atomic E-state index is 12.0. The summed E-state index contributed by atoms with van der Waals surface area (Å²) in [5, 5.41) is 0. The lowest BCUT2D eigenvalue weighted by molar-refractivity contribution is -0.185. The number of halogens is 3. The predicted molar refractivity (Wildman–Crippen MR) is 44.8 cm³/mol. The third-order valence-corrected chi connectivity index (χ3v) is 1.62. The zero-order chi connectivity index (χ0) is 11.2. The Bertz CT molecular complexity index is 182. The maximum Gasteiger partial charge on any atom is 0.471 e. The van der Waals surface area contributed by atoms with E-state index in [0.717, 1.165) is 4.90 Å². The standard InChI is InChI=1S/C8H14F3NO2/c1-3-12(5-6-14-4-2)7(13)8(9,10)11/h3-6H2,1-2H3. The molecule has 0 radical (unpaired) electrons. The van der Waals surface area contributed by atoms with Crippen molar-refractivity contribution in [2.45, 2.75) is 20.0 Å². The van der Waals surface area contributed by atoms with E-state index in [1.807, 2.05) is 0 Å². The molecule has 0 saturated carbocycles. The summed E-state index contributed by atoms with van der Waals surface area (Å²) in [6.45, 7) is 3.80. The number of carbonyl (C=O) groups is 1. The van der Waals surface area contributed by atoms with Crippen LogP contribution < -0.4 is 0 Å². The number of carbonyl (C=O) groups excluding carboxylic acids is 1. The molecule has 0 aromatic heterocycles. The number of nitrogens with zero attached hydrogens (tertiary/aromatic N) is 1. The van der Waals surface area contributed by atoms with E-state index in [1.54, 1.807) is 6.92 Å². The molecular weight excluding hydrogens is 199 g/mol. The number of hydrogen-bond acceptors (Lipinski definition) is 2. The number of ether oxygens (including phenoxy) is 1. The summed E-state index contributed by atoms with van der Waals surface area (Å²) >= 11 is 0. The molecule has 0 N–H and O–H groups in total. The molecule has 0 bridgehead atoms. The number of rotatable bonds is 5. The molecule has 84 valence electrons. The lowest BCUT2D eigenvalue weighted by atomic mass is 10.4. The number of hydrogen-bond donors (Lipinski definition) is 0. The van der Waals surface area contributed by atoms with Gasteiger partial charge in [-0.15, -0.1) is 0 Å². The van der Waals surface area contributed by atoms with Gasteiger partial charge < -0.3 is 9.64 Å². The molecular formula is C8H14F3NO2. The van der Waals surface area contributed by atoms with Crippen LogP contribution in [0.3, 0.4) is 0 Å². The second-order valence-corrected chi connectivity index (χ2v) is 2.58. The van der Waals surface area contributed by atoms with Crippen LogP contribution in [0.4, 0.5) is 13.2 Å². The van der Waals surface area contributed by atoms with Gasteiger partial charge in [-0.2, -0.15) is 13.2 Å². The van der Waals surface area contributed by atoms with Crippen molar-refractivity contribution < 1.29 is 22.7 Å². The molecule has 0 atom stereocenters. The minimum atomic E-state index is -4.79. The van der Waals surface area contributed by atoms with E-state index in [0.29, 0.717) is 6.61 Å². The van der Waals surface area contributed by atoms with E-state index in [-0.39, 0.29) is 19.7 Å². The Labute approximate surface area is 80.8 Å². The van der Waals surface area contributed by atoms with E-state index in [9.17, 15) is 18.0 Å². The summed E-state index contributed by atoms with van der Waals surface area (Å²) in [6, 6.07) is 0. The number of likely N-dealkylation sites (N-methyl/N-ethyl adjacent to an activating group) is 1. The molecule has 1 amide bonds. The molecule has 0 aliphatic carbocycles. The zero-order valence-corrected chi connectivity index (χ0v) is 8.23. The highest BCUT2D eigenvalue weighted by Gasteiger charge is 2.41. The van der Waals surface area contributed by atoms with Crippen molar-refractivity contribution in [3.8, 4) is 0 Å². The number of alkyl halides is 3. The predicted octanol–water partition coefficient (Wildman–Crippen LogP) is 1.43. The average molecular weight is 213 g/mol. The van der Waals surface area contributed by atoms with Crippen molar-refractivity contribution in [2.24, 2.45) is 0 Å². The van der Waals surface area contributed by atoms with Crippen LogP contribution in [0.1, 0.15) is 13.8 Å². The van der Waals surface area contributed by atoms with Crippen LogP contribution >= 0.6 is 0 Å². The molecule has 3 nitrogen and oxygen atoms in total. The Morgan fingerprint density at radius 1 is 1.36 bits per heavy atom. The van der Waals surface area contributed by atoms with Crippen molar-refractivity contribution in [2.75, 3.05) is 26.3 Å². The number of amides is 1. The second kappa shape index (κ2) is 5.85. The van der Waals surface area contributed by atoms with Gasteiger partial charge in [-0.25, -0.2) is 0 Å². The molecule has 0 unspecified atom stereocenters. The van der Waals surface area contributed by atoms with Crippen LogP contribution in [-0.2, 0) is 9.53 Å². The fraction of sp³-hybridized carbons (Fsp3) is 0.875. The van der Waals surface area contributed by atoms with Crippen LogP contribution in [0, 0.1) is 0 Å². The third kappa shape index (κ3) is 4.45. The van der Waals surface area contributed by atoms with Crippen molar-refractivity contribution in [3.05, 3.63) is 0 Å². The lowest BCUT2D eigenvalue weighted by Gasteiger charge is -2.21. The van der Waals surface area contributed by atoms with Gasteiger partial charge in [0.05, 0.1) is 6.61 Å². The molecule has 0 aromatic rings. The van der Waals surface area contributed by atoms with Crippen molar-refractivity contribution in [1.82, 2.24) is 4.90 Å². The molecule has 0 rings (SSSR count). The Kier molecular flexibility index (Phi) is 5.52. The summed E-state index contributed by atoms with van der Waals surface area (Å²) in [5.74, 6) is -1.81. The first kappa shape index (κ1) is 13.2. The van der Waals surface area contributed by atoms with Gasteiger partial charge in [-0.05, 0) is 13.8 Å². The topological polar surface area (TPSA) is 29.5 Å². The van der Waals surface area contributed by atoms with Gasteiger partial charge >= 0.3 is 12.1 Å². The quantitative estimate of drug-likeness (QED) is 0.646. The van der Waals surface area contributed by atoms with Gasteiger partial charge in [0.1, 0.15) is 0 Å². The second-order valence-electron chi connectivity index (χ2n) is 2.58. The first-order valence-corrected chi connectivity index (χ1v) is 4.37. The largest absolute Gasteiger partial charge is 0.471 e. The van der Waals surface area contributed by atoms with Crippen molar-refractivity contribution >= 4 is 5.91 Å². The summed E-state index contributed by atoms with van der Waals surface area (Å²) in [4.78, 5) is 11.5. The zero-order valence-electron chi connectivity index (χ0n) is 8.23. The van der Waals surface area contributed by atoms with E-state index in [2.05, 4.69) is 0 Å². The fourth-order valence-electron chi connectivity index (χ4n) is 0.902. The summed E-state index contributed by atoms with van der Waals surface area (Å²) in [5.41, 5.74) is 0. The van der Waals surface area contributed by atoms with E-state index >= 15 is 0 Å². The maximum atomic E-state index is 12.0. The van der Waals surface area contributed by atoms with E-state index in [1.165, 1.54) is 6.92 Å². The van der Waals surface area contributed by atoms with Gasteiger partial charge in [-0.1, -0.05) is 0 Å². The summed E-state index contributed by atoms with van der Waals surface area (Å²) < 4.78 is 40.8. The Morgan fingerprint density at radius 2 is 1.93 bits per heavy atom. The lowest BCUT2D eigenvalue weighted by Crippen LogP contribution is -2.42. The first-order valence-electron chi connectivity index (χ1n) is 4.37. The van der Waals surface area contributed by atoms with E-state index in [4.69, 9.17) is 4.74 Å². The third-order valence-electron chi connectivity index (χ3n) is 1.62. The van der Waals surface area contributed by atoms with Crippen LogP contribution in [-0.4, -0.2) is 43.3 Å². The molecule has 0 fully saturated rings.